The highest BCUT2D eigenvalue weighted by Gasteiger charge is 2.30. The summed E-state index contributed by atoms with van der Waals surface area (Å²) in [6.07, 6.45) is 2.87. The Bertz CT molecular complexity index is 579. The first-order valence-electron chi connectivity index (χ1n) is 6.59. The third-order valence-electron chi connectivity index (χ3n) is 3.53. The second kappa shape index (κ2) is 5.90. The van der Waals surface area contributed by atoms with E-state index in [1.54, 1.807) is 11.8 Å². The fraction of sp³-hybridized carbons (Fsp3) is 0.500. The molecule has 0 saturated carbocycles. The fourth-order valence-corrected chi connectivity index (χ4v) is 2.43. The summed E-state index contributed by atoms with van der Waals surface area (Å²) in [5.41, 5.74) is 0.519. The number of hydrogen-bond acceptors (Lipinski definition) is 4. The number of H-pyrrole nitrogens is 1. The van der Waals surface area contributed by atoms with Crippen LogP contribution in [-0.4, -0.2) is 42.0 Å². The smallest absolute Gasteiger partial charge is 0.310 e. The molecule has 2 rings (SSSR count). The van der Waals surface area contributed by atoms with Crippen LogP contribution in [-0.2, 0) is 9.53 Å². The van der Waals surface area contributed by atoms with Crippen molar-refractivity contribution in [2.24, 2.45) is 5.92 Å². The minimum atomic E-state index is -0.333. The zero-order valence-corrected chi connectivity index (χ0v) is 11.6. The number of aromatic nitrogens is 1. The van der Waals surface area contributed by atoms with Crippen molar-refractivity contribution in [3.63, 3.8) is 0 Å². The third kappa shape index (κ3) is 2.89. The van der Waals surface area contributed by atoms with Crippen LogP contribution < -0.4 is 5.43 Å². The fourth-order valence-electron chi connectivity index (χ4n) is 2.43. The van der Waals surface area contributed by atoms with Gasteiger partial charge in [-0.25, -0.2) is 0 Å². The van der Waals surface area contributed by atoms with E-state index in [1.807, 2.05) is 0 Å². The van der Waals surface area contributed by atoms with Crippen molar-refractivity contribution in [3.8, 4) is 0 Å². The molecule has 0 aromatic carbocycles. The maximum absolute atomic E-state index is 12.3. The van der Waals surface area contributed by atoms with Crippen molar-refractivity contribution in [1.82, 2.24) is 9.88 Å². The molecule has 1 fully saturated rings. The SMILES string of the molecule is COC(=O)C1CCCN(C(=O)c2c[nH]c(C)cc2=O)C1. The molecule has 1 aliphatic rings. The average Bonchev–Trinajstić information content (AvgIpc) is 2.46. The minimum Gasteiger partial charge on any atom is -0.469 e. The van der Waals surface area contributed by atoms with Gasteiger partial charge in [0, 0.05) is 31.0 Å². The number of rotatable bonds is 2. The molecule has 1 N–H and O–H groups in total. The Morgan fingerprint density at radius 3 is 2.85 bits per heavy atom. The summed E-state index contributed by atoms with van der Waals surface area (Å²) in [6.45, 7) is 2.61. The van der Waals surface area contributed by atoms with E-state index >= 15 is 0 Å². The quantitative estimate of drug-likeness (QED) is 0.808. The van der Waals surface area contributed by atoms with E-state index in [4.69, 9.17) is 4.74 Å². The maximum atomic E-state index is 12.3. The number of carbonyl (C=O) groups excluding carboxylic acids is 2. The molecule has 0 bridgehead atoms. The van der Waals surface area contributed by atoms with Gasteiger partial charge in [0.05, 0.1) is 13.0 Å². The van der Waals surface area contributed by atoms with Crippen LogP contribution in [0.5, 0.6) is 0 Å². The summed E-state index contributed by atoms with van der Waals surface area (Å²) in [4.78, 5) is 40.1. The van der Waals surface area contributed by atoms with Gasteiger partial charge in [-0.2, -0.15) is 0 Å². The summed E-state index contributed by atoms with van der Waals surface area (Å²) >= 11 is 0. The first kappa shape index (κ1) is 14.3. The number of aromatic amines is 1. The van der Waals surface area contributed by atoms with Crippen molar-refractivity contribution < 1.29 is 14.3 Å². The average molecular weight is 278 g/mol. The van der Waals surface area contributed by atoms with Crippen LogP contribution in [0.4, 0.5) is 0 Å². The molecule has 1 aromatic heterocycles. The van der Waals surface area contributed by atoms with E-state index in [2.05, 4.69) is 4.98 Å². The summed E-state index contributed by atoms with van der Waals surface area (Å²) in [5.74, 6) is -0.942. The van der Waals surface area contributed by atoms with Gasteiger partial charge in [0.15, 0.2) is 5.43 Å². The van der Waals surface area contributed by atoms with Gasteiger partial charge < -0.3 is 14.6 Å². The highest BCUT2D eigenvalue weighted by molar-refractivity contribution is 5.94. The first-order chi connectivity index (χ1) is 9.52. The largest absolute Gasteiger partial charge is 0.469 e. The predicted molar refractivity (Wildman–Crippen MR) is 72.4 cm³/mol. The van der Waals surface area contributed by atoms with Gasteiger partial charge >= 0.3 is 5.97 Å². The van der Waals surface area contributed by atoms with E-state index in [-0.39, 0.29) is 28.8 Å². The van der Waals surface area contributed by atoms with Gasteiger partial charge in [0.1, 0.15) is 5.56 Å². The Labute approximate surface area is 116 Å². The number of piperidine rings is 1. The molecule has 2 heterocycles. The van der Waals surface area contributed by atoms with Gasteiger partial charge in [-0.05, 0) is 19.8 Å². The van der Waals surface area contributed by atoms with Crippen molar-refractivity contribution in [3.05, 3.63) is 33.7 Å². The lowest BCUT2D eigenvalue weighted by atomic mass is 9.97. The molecule has 6 heteroatoms. The van der Waals surface area contributed by atoms with Crippen LogP contribution in [0.3, 0.4) is 0 Å². The number of esters is 1. The van der Waals surface area contributed by atoms with Crippen LogP contribution >= 0.6 is 0 Å². The van der Waals surface area contributed by atoms with Gasteiger partial charge in [-0.15, -0.1) is 0 Å². The van der Waals surface area contributed by atoms with Gasteiger partial charge in [0.25, 0.3) is 5.91 Å². The number of methoxy groups -OCH3 is 1. The topological polar surface area (TPSA) is 79.5 Å². The van der Waals surface area contributed by atoms with E-state index in [0.717, 1.165) is 6.42 Å². The summed E-state index contributed by atoms with van der Waals surface area (Å²) in [7, 11) is 1.34. The molecule has 1 amide bonds. The Balaban J connectivity index is 2.16. The Hall–Kier alpha value is -2.11. The number of nitrogens with zero attached hydrogens (tertiary/aromatic N) is 1. The van der Waals surface area contributed by atoms with Crippen LogP contribution in [0, 0.1) is 12.8 Å². The first-order valence-corrected chi connectivity index (χ1v) is 6.59. The molecule has 6 nitrogen and oxygen atoms in total. The molecule has 1 unspecified atom stereocenters. The summed E-state index contributed by atoms with van der Waals surface area (Å²) < 4.78 is 4.72. The van der Waals surface area contributed by atoms with Gasteiger partial charge in [-0.1, -0.05) is 0 Å². The molecular weight excluding hydrogens is 260 g/mol. The molecule has 1 aliphatic heterocycles. The van der Waals surface area contributed by atoms with E-state index in [0.29, 0.717) is 25.2 Å². The highest BCUT2D eigenvalue weighted by atomic mass is 16.5. The van der Waals surface area contributed by atoms with Crippen LogP contribution in [0.15, 0.2) is 17.1 Å². The lowest BCUT2D eigenvalue weighted by Gasteiger charge is -2.31. The van der Waals surface area contributed by atoms with Crippen molar-refractivity contribution in [2.75, 3.05) is 20.2 Å². The molecule has 1 saturated heterocycles. The van der Waals surface area contributed by atoms with Crippen molar-refractivity contribution in [2.45, 2.75) is 19.8 Å². The molecule has 20 heavy (non-hydrogen) atoms. The van der Waals surface area contributed by atoms with Crippen molar-refractivity contribution in [1.29, 1.82) is 0 Å². The number of carbonyl (C=O) groups is 2. The standard InChI is InChI=1S/C14H18N2O4/c1-9-6-12(17)11(7-15-9)13(18)16-5-3-4-10(8-16)14(19)20-2/h6-7,10H,3-5,8H2,1-2H3,(H,15,17). The van der Waals surface area contributed by atoms with E-state index in [9.17, 15) is 14.4 Å². The Morgan fingerprint density at radius 2 is 2.20 bits per heavy atom. The Kier molecular flexibility index (Phi) is 4.22. The molecule has 108 valence electrons. The maximum Gasteiger partial charge on any atom is 0.310 e. The van der Waals surface area contributed by atoms with E-state index < -0.39 is 0 Å². The van der Waals surface area contributed by atoms with E-state index in [1.165, 1.54) is 19.4 Å². The molecule has 1 aromatic rings. The zero-order chi connectivity index (χ0) is 14.7. The summed E-state index contributed by atoms with van der Waals surface area (Å²) in [6, 6.07) is 1.40. The second-order valence-corrected chi connectivity index (χ2v) is 5.01. The zero-order valence-electron chi connectivity index (χ0n) is 11.6. The van der Waals surface area contributed by atoms with Crippen molar-refractivity contribution >= 4 is 11.9 Å². The summed E-state index contributed by atoms with van der Waals surface area (Å²) in [5, 5.41) is 0. The van der Waals surface area contributed by atoms with Gasteiger partial charge in [-0.3, -0.25) is 14.4 Å². The lowest BCUT2D eigenvalue weighted by molar-refractivity contribution is -0.146. The van der Waals surface area contributed by atoms with Gasteiger partial charge in [0.2, 0.25) is 0 Å². The third-order valence-corrected chi connectivity index (χ3v) is 3.53. The second-order valence-electron chi connectivity index (χ2n) is 5.01. The number of nitrogens with one attached hydrogen (secondary N) is 1. The van der Waals surface area contributed by atoms with Crippen LogP contribution in [0.1, 0.15) is 28.9 Å². The van der Waals surface area contributed by atoms with Crippen LogP contribution in [0.25, 0.3) is 0 Å². The molecular formula is C14H18N2O4. The normalized spacial score (nSPS) is 18.7. The van der Waals surface area contributed by atoms with Crippen LogP contribution in [0.2, 0.25) is 0 Å². The number of amides is 1. The monoisotopic (exact) mass is 278 g/mol. The lowest BCUT2D eigenvalue weighted by Crippen LogP contribution is -2.43. The minimum absolute atomic E-state index is 0.112. The molecule has 0 radical (unpaired) electrons. The highest BCUT2D eigenvalue weighted by Crippen LogP contribution is 2.18. The molecule has 1 atom stereocenters. The number of pyridine rings is 1. The Morgan fingerprint density at radius 1 is 1.45 bits per heavy atom. The number of aryl methyl sites for hydroxylation is 1. The number of hydrogen-bond donors (Lipinski definition) is 1. The molecule has 0 aliphatic carbocycles. The number of ether oxygens (including phenoxy) is 1. The molecule has 0 spiro atoms. The predicted octanol–water partition coefficient (Wildman–Crippen LogP) is 0.709. The number of likely N-dealkylation sites (tertiary alicyclic amines) is 1.